The molecule has 0 bridgehead atoms. The van der Waals surface area contributed by atoms with Crippen LogP contribution in [0.25, 0.3) is 0 Å². The Bertz CT molecular complexity index is 181. The van der Waals surface area contributed by atoms with Crippen LogP contribution in [0.15, 0.2) is 0 Å². The second-order valence-corrected chi connectivity index (χ2v) is 3.60. The summed E-state index contributed by atoms with van der Waals surface area (Å²) in [5.41, 5.74) is 0. The number of hydrogen-bond acceptors (Lipinski definition) is 3. The van der Waals surface area contributed by atoms with Gasteiger partial charge < -0.3 is 5.11 Å². The molecule has 4 heteroatoms. The van der Waals surface area contributed by atoms with Gasteiger partial charge in [0.1, 0.15) is 0 Å². The van der Waals surface area contributed by atoms with Gasteiger partial charge in [-0.05, 0) is 12.8 Å². The summed E-state index contributed by atoms with van der Waals surface area (Å²) in [5.74, 6) is -0.788. The molecule has 0 spiro atoms. The molecule has 2 aliphatic rings. The van der Waals surface area contributed by atoms with E-state index in [1.165, 1.54) is 12.8 Å². The maximum absolute atomic E-state index is 10.6. The van der Waals surface area contributed by atoms with Crippen LogP contribution in [0.2, 0.25) is 0 Å². The first-order valence-electron chi connectivity index (χ1n) is 4.52. The molecule has 0 aromatic heterocycles. The van der Waals surface area contributed by atoms with Gasteiger partial charge in [-0.25, -0.2) is 4.79 Å². The molecule has 1 aliphatic carbocycles. The number of carbonyl (C=O) groups is 1. The van der Waals surface area contributed by atoms with E-state index in [4.69, 9.17) is 5.11 Å². The summed E-state index contributed by atoms with van der Waals surface area (Å²) < 4.78 is 0. The summed E-state index contributed by atoms with van der Waals surface area (Å²) in [5, 5.41) is 14.9. The minimum absolute atomic E-state index is 0.389. The zero-order valence-corrected chi connectivity index (χ0v) is 6.92. The highest BCUT2D eigenvalue weighted by Gasteiger charge is 2.37. The molecule has 1 unspecified atom stereocenters. The molecule has 0 aromatic carbocycles. The fraction of sp³-hybridized carbons (Fsp3) is 0.875. The first-order valence-corrected chi connectivity index (χ1v) is 4.52. The van der Waals surface area contributed by atoms with Gasteiger partial charge >= 0.3 is 5.97 Å². The Morgan fingerprint density at radius 1 is 1.17 bits per heavy atom. The lowest BCUT2D eigenvalue weighted by Gasteiger charge is -2.23. The van der Waals surface area contributed by atoms with Gasteiger partial charge in [0.05, 0.1) is 0 Å². The summed E-state index contributed by atoms with van der Waals surface area (Å²) in [6, 6.07) is 0.777. The van der Waals surface area contributed by atoms with Crippen molar-refractivity contribution in [2.24, 2.45) is 0 Å². The molecule has 0 amide bonds. The van der Waals surface area contributed by atoms with E-state index in [9.17, 15) is 4.79 Å². The first kappa shape index (κ1) is 8.01. The van der Waals surface area contributed by atoms with Crippen LogP contribution in [0.1, 0.15) is 25.7 Å². The van der Waals surface area contributed by atoms with Crippen molar-refractivity contribution < 1.29 is 9.90 Å². The van der Waals surface area contributed by atoms with Crippen molar-refractivity contribution in [2.75, 3.05) is 0 Å². The Morgan fingerprint density at radius 3 is 2.08 bits per heavy atom. The maximum atomic E-state index is 10.6. The average Bonchev–Trinajstić information content (AvgIpc) is 2.46. The van der Waals surface area contributed by atoms with E-state index in [0.717, 1.165) is 12.8 Å². The van der Waals surface area contributed by atoms with Crippen LogP contribution in [0.4, 0.5) is 0 Å². The zero-order chi connectivity index (χ0) is 8.55. The molecule has 68 valence electrons. The van der Waals surface area contributed by atoms with E-state index in [0.29, 0.717) is 12.1 Å². The van der Waals surface area contributed by atoms with Crippen LogP contribution < -0.4 is 10.6 Å². The third-order valence-corrected chi connectivity index (χ3v) is 2.77. The van der Waals surface area contributed by atoms with E-state index >= 15 is 0 Å². The molecule has 2 rings (SSSR count). The monoisotopic (exact) mass is 170 g/mol. The van der Waals surface area contributed by atoms with Crippen LogP contribution in [-0.2, 0) is 4.79 Å². The highest BCUT2D eigenvalue weighted by atomic mass is 16.4. The molecule has 1 saturated carbocycles. The van der Waals surface area contributed by atoms with Gasteiger partial charge in [0, 0.05) is 12.1 Å². The molecule has 0 radical (unpaired) electrons. The number of hydrogen-bond donors (Lipinski definition) is 3. The van der Waals surface area contributed by atoms with Crippen molar-refractivity contribution >= 4 is 5.97 Å². The summed E-state index contributed by atoms with van der Waals surface area (Å²) in [4.78, 5) is 10.6. The number of fused-ring (bicyclic) bond motifs is 1. The second-order valence-electron chi connectivity index (χ2n) is 3.60. The molecule has 1 saturated heterocycles. The van der Waals surface area contributed by atoms with Crippen molar-refractivity contribution in [3.05, 3.63) is 0 Å². The standard InChI is InChI=1S/C8H14N2O2/c11-8(12)7-9-5-3-1-2-4-6(5)10-7/h5-7,9-10H,1-4H2,(H,11,12)/t5-,6+,7?. The van der Waals surface area contributed by atoms with E-state index in [-0.39, 0.29) is 0 Å². The lowest BCUT2D eigenvalue weighted by molar-refractivity contribution is -0.139. The largest absolute Gasteiger partial charge is 0.479 e. The minimum atomic E-state index is -0.788. The Hall–Kier alpha value is -0.610. The minimum Gasteiger partial charge on any atom is -0.479 e. The summed E-state index contributed by atoms with van der Waals surface area (Å²) >= 11 is 0. The number of aliphatic carboxylic acids is 1. The highest BCUT2D eigenvalue weighted by Crippen LogP contribution is 2.22. The topological polar surface area (TPSA) is 61.4 Å². The molecule has 0 aromatic rings. The van der Waals surface area contributed by atoms with Gasteiger partial charge in [-0.2, -0.15) is 0 Å². The average molecular weight is 170 g/mol. The van der Waals surface area contributed by atoms with E-state index in [1.54, 1.807) is 0 Å². The molecule has 3 atom stereocenters. The smallest absolute Gasteiger partial charge is 0.335 e. The first-order chi connectivity index (χ1) is 5.77. The van der Waals surface area contributed by atoms with E-state index in [2.05, 4.69) is 10.6 Å². The summed E-state index contributed by atoms with van der Waals surface area (Å²) in [6.07, 6.45) is 4.16. The van der Waals surface area contributed by atoms with Gasteiger partial charge in [0.2, 0.25) is 0 Å². The van der Waals surface area contributed by atoms with Crippen molar-refractivity contribution in [3.63, 3.8) is 0 Å². The van der Waals surface area contributed by atoms with Gasteiger partial charge in [-0.1, -0.05) is 12.8 Å². The third kappa shape index (κ3) is 1.32. The molecule has 1 heterocycles. The zero-order valence-electron chi connectivity index (χ0n) is 6.92. The second kappa shape index (κ2) is 3.03. The predicted molar refractivity (Wildman–Crippen MR) is 43.7 cm³/mol. The normalized spacial score (nSPS) is 40.8. The Balaban J connectivity index is 1.98. The van der Waals surface area contributed by atoms with Crippen LogP contribution in [0, 0.1) is 0 Å². The van der Waals surface area contributed by atoms with Crippen molar-refractivity contribution in [2.45, 2.75) is 43.9 Å². The number of nitrogens with one attached hydrogen (secondary N) is 2. The van der Waals surface area contributed by atoms with Crippen LogP contribution in [0.5, 0.6) is 0 Å². The van der Waals surface area contributed by atoms with Gasteiger partial charge in [-0.3, -0.25) is 10.6 Å². The third-order valence-electron chi connectivity index (χ3n) is 2.77. The fourth-order valence-electron chi connectivity index (χ4n) is 2.15. The summed E-state index contributed by atoms with van der Waals surface area (Å²) in [7, 11) is 0. The Labute approximate surface area is 71.3 Å². The van der Waals surface area contributed by atoms with Crippen molar-refractivity contribution in [3.8, 4) is 0 Å². The van der Waals surface area contributed by atoms with Crippen LogP contribution in [0.3, 0.4) is 0 Å². The fourth-order valence-corrected chi connectivity index (χ4v) is 2.15. The molecule has 12 heavy (non-hydrogen) atoms. The van der Waals surface area contributed by atoms with Crippen LogP contribution >= 0.6 is 0 Å². The molecule has 1 aliphatic heterocycles. The molecule has 3 N–H and O–H groups in total. The lowest BCUT2D eigenvalue weighted by atomic mass is 9.92. The number of rotatable bonds is 1. The Morgan fingerprint density at radius 2 is 1.67 bits per heavy atom. The predicted octanol–water partition coefficient (Wildman–Crippen LogP) is -0.0989. The van der Waals surface area contributed by atoms with Gasteiger partial charge in [0.15, 0.2) is 6.17 Å². The number of carboxylic acids is 1. The van der Waals surface area contributed by atoms with Crippen LogP contribution in [-0.4, -0.2) is 29.3 Å². The quantitative estimate of drug-likeness (QED) is 0.514. The van der Waals surface area contributed by atoms with Gasteiger partial charge in [0.25, 0.3) is 0 Å². The van der Waals surface area contributed by atoms with E-state index in [1.807, 2.05) is 0 Å². The highest BCUT2D eigenvalue weighted by molar-refractivity contribution is 5.73. The van der Waals surface area contributed by atoms with Gasteiger partial charge in [-0.15, -0.1) is 0 Å². The van der Waals surface area contributed by atoms with Crippen molar-refractivity contribution in [1.82, 2.24) is 10.6 Å². The van der Waals surface area contributed by atoms with E-state index < -0.39 is 12.1 Å². The molecule has 4 nitrogen and oxygen atoms in total. The van der Waals surface area contributed by atoms with Crippen molar-refractivity contribution in [1.29, 1.82) is 0 Å². The lowest BCUT2D eigenvalue weighted by Crippen LogP contribution is -2.40. The Kier molecular flexibility index (Phi) is 2.02. The molecule has 2 fully saturated rings. The maximum Gasteiger partial charge on any atom is 0.335 e. The molecular formula is C8H14N2O2. The molecular weight excluding hydrogens is 156 g/mol. The summed E-state index contributed by atoms with van der Waals surface area (Å²) in [6.45, 7) is 0. The SMILES string of the molecule is O=C(O)C1N[C@H]2CCCC[C@H]2N1. The number of carboxylic acid groups (broad SMARTS) is 1.